The largest absolute Gasteiger partial charge is 1.00 e. The summed E-state index contributed by atoms with van der Waals surface area (Å²) in [4.78, 5) is 12.3. The molecule has 0 amide bonds. The van der Waals surface area contributed by atoms with E-state index in [0.717, 1.165) is 5.56 Å². The molecule has 2 aromatic rings. The van der Waals surface area contributed by atoms with Gasteiger partial charge in [0.2, 0.25) is 0 Å². The summed E-state index contributed by atoms with van der Waals surface area (Å²) >= 11 is 5.52. The summed E-state index contributed by atoms with van der Waals surface area (Å²) in [5.41, 5.74) is 1.49. The third kappa shape index (κ3) is 7.78. The molecule has 5 nitrogen and oxygen atoms in total. The number of halogens is 2. The average Bonchev–Trinajstić information content (AvgIpc) is 2.72. The predicted molar refractivity (Wildman–Crippen MR) is 105 cm³/mol. The van der Waals surface area contributed by atoms with Crippen molar-refractivity contribution in [3.8, 4) is 5.75 Å². The zero-order chi connectivity index (χ0) is 19.6. The molecule has 0 radical (unpaired) electrons. The van der Waals surface area contributed by atoms with Gasteiger partial charge in [-0.25, -0.2) is 0 Å². The Morgan fingerprint density at radius 1 is 1.11 bits per heavy atom. The fourth-order valence-electron chi connectivity index (χ4n) is 2.68. The molecule has 0 saturated carbocycles. The van der Waals surface area contributed by atoms with E-state index in [1.807, 2.05) is 42.6 Å². The number of ketones is 1. The van der Waals surface area contributed by atoms with Crippen LogP contribution < -0.4 is 22.5 Å². The molecule has 0 aliphatic heterocycles. The maximum absolute atomic E-state index is 12.3. The second-order valence-corrected chi connectivity index (χ2v) is 6.86. The van der Waals surface area contributed by atoms with Gasteiger partial charge in [0, 0.05) is 5.56 Å². The van der Waals surface area contributed by atoms with E-state index in [0.29, 0.717) is 24.3 Å². The summed E-state index contributed by atoms with van der Waals surface area (Å²) in [5, 5.41) is 21.7. The van der Waals surface area contributed by atoms with Crippen molar-refractivity contribution in [3.63, 3.8) is 0 Å². The molecule has 3 atom stereocenters. The lowest BCUT2D eigenvalue weighted by Gasteiger charge is -2.17. The van der Waals surface area contributed by atoms with Gasteiger partial charge in [-0.1, -0.05) is 30.3 Å². The van der Waals surface area contributed by atoms with Crippen LogP contribution in [0.4, 0.5) is 0 Å². The number of ether oxygens (including phenoxy) is 1. The maximum atomic E-state index is 12.3. The van der Waals surface area contributed by atoms with Crippen molar-refractivity contribution in [2.45, 2.75) is 31.6 Å². The summed E-state index contributed by atoms with van der Waals surface area (Å²) in [7, 11) is 0. The lowest BCUT2D eigenvalue weighted by molar-refractivity contribution is -0.693. The van der Waals surface area contributed by atoms with Crippen molar-refractivity contribution < 1.29 is 37.5 Å². The SMILES string of the molecule is CC([NH2+]CCC(=O)c1ccc(OCC(O)CCl)cc1)C(O)c1ccccc1.[Cl-]. The van der Waals surface area contributed by atoms with Gasteiger partial charge in [0.1, 0.15) is 30.6 Å². The summed E-state index contributed by atoms with van der Waals surface area (Å²) in [5.74, 6) is 0.742. The van der Waals surface area contributed by atoms with Crippen molar-refractivity contribution in [2.24, 2.45) is 0 Å². The number of aliphatic hydroxyl groups excluding tert-OH is 2. The van der Waals surface area contributed by atoms with E-state index in [4.69, 9.17) is 16.3 Å². The molecule has 4 N–H and O–H groups in total. The Morgan fingerprint density at radius 3 is 2.36 bits per heavy atom. The van der Waals surface area contributed by atoms with Crippen LogP contribution in [0.5, 0.6) is 5.75 Å². The van der Waals surface area contributed by atoms with Crippen LogP contribution >= 0.6 is 11.6 Å². The lowest BCUT2D eigenvalue weighted by atomic mass is 10.0. The van der Waals surface area contributed by atoms with Crippen LogP contribution in [0.15, 0.2) is 54.6 Å². The number of carbonyl (C=O) groups excluding carboxylic acids is 1. The second kappa shape index (κ2) is 12.8. The first-order valence-electron chi connectivity index (χ1n) is 9.07. The van der Waals surface area contributed by atoms with Crippen LogP contribution in [0.25, 0.3) is 0 Å². The van der Waals surface area contributed by atoms with E-state index in [1.54, 1.807) is 24.3 Å². The number of quaternary nitrogens is 1. The van der Waals surface area contributed by atoms with Crippen molar-refractivity contribution in [1.29, 1.82) is 0 Å². The van der Waals surface area contributed by atoms with Crippen LogP contribution in [0, 0.1) is 0 Å². The van der Waals surface area contributed by atoms with E-state index in [1.165, 1.54) is 0 Å². The molecule has 0 aliphatic carbocycles. The van der Waals surface area contributed by atoms with Crippen molar-refractivity contribution in [3.05, 3.63) is 65.7 Å². The number of nitrogens with two attached hydrogens (primary N) is 1. The normalized spacial score (nSPS) is 13.9. The van der Waals surface area contributed by atoms with Gasteiger partial charge in [-0.2, -0.15) is 0 Å². The van der Waals surface area contributed by atoms with Gasteiger partial charge in [0.25, 0.3) is 0 Å². The Bertz CT molecular complexity index is 697. The second-order valence-electron chi connectivity index (χ2n) is 6.56. The molecule has 28 heavy (non-hydrogen) atoms. The van der Waals surface area contributed by atoms with Gasteiger partial charge < -0.3 is 32.7 Å². The van der Waals surface area contributed by atoms with Crippen molar-refractivity contribution in [2.75, 3.05) is 19.0 Å². The van der Waals surface area contributed by atoms with Crippen molar-refractivity contribution >= 4 is 17.4 Å². The highest BCUT2D eigenvalue weighted by molar-refractivity contribution is 6.18. The molecule has 0 saturated heterocycles. The Balaban J connectivity index is 0.00000392. The number of alkyl halides is 1. The van der Waals surface area contributed by atoms with Crippen LogP contribution in [-0.4, -0.2) is 47.2 Å². The molecule has 0 heterocycles. The molecule has 2 aromatic carbocycles. The molecule has 2 rings (SSSR count). The molecule has 0 aliphatic rings. The number of carbonyl (C=O) groups is 1. The van der Waals surface area contributed by atoms with Crippen molar-refractivity contribution in [1.82, 2.24) is 0 Å². The smallest absolute Gasteiger partial charge is 0.168 e. The highest BCUT2D eigenvalue weighted by Crippen LogP contribution is 2.15. The Hall–Kier alpha value is -1.63. The molecule has 154 valence electrons. The highest BCUT2D eigenvalue weighted by Gasteiger charge is 2.19. The molecular formula is C21H27Cl2NO4. The number of benzene rings is 2. The van der Waals surface area contributed by atoms with Gasteiger partial charge in [-0.3, -0.25) is 4.79 Å². The first kappa shape index (κ1) is 24.4. The molecule has 0 bridgehead atoms. The quantitative estimate of drug-likeness (QED) is 0.315. The number of hydrogen-bond acceptors (Lipinski definition) is 4. The van der Waals surface area contributed by atoms with E-state index in [9.17, 15) is 15.0 Å². The van der Waals surface area contributed by atoms with Gasteiger partial charge >= 0.3 is 0 Å². The van der Waals surface area contributed by atoms with Gasteiger partial charge in [0.05, 0.1) is 18.8 Å². The number of hydrogen-bond donors (Lipinski definition) is 3. The van der Waals surface area contributed by atoms with E-state index in [-0.39, 0.29) is 36.7 Å². The topological polar surface area (TPSA) is 83.4 Å². The summed E-state index contributed by atoms with van der Waals surface area (Å²) < 4.78 is 5.39. The van der Waals surface area contributed by atoms with E-state index >= 15 is 0 Å². The van der Waals surface area contributed by atoms with Gasteiger partial charge in [-0.05, 0) is 36.8 Å². The minimum absolute atomic E-state index is 0. The van der Waals surface area contributed by atoms with Crippen LogP contribution in [0.3, 0.4) is 0 Å². The third-order valence-corrected chi connectivity index (χ3v) is 4.70. The predicted octanol–water partition coefficient (Wildman–Crippen LogP) is -1.07. The summed E-state index contributed by atoms with van der Waals surface area (Å²) in [6.07, 6.45) is -0.894. The molecule has 7 heteroatoms. The van der Waals surface area contributed by atoms with E-state index in [2.05, 4.69) is 0 Å². The minimum atomic E-state index is -0.711. The standard InChI is InChI=1S/C21H26ClNO4.ClH/c1-15(21(26)17-5-3-2-4-6-17)23-12-11-20(25)16-7-9-19(10-8-16)27-14-18(24)13-22;/h2-10,15,18,21,23-24,26H,11-14H2,1H3;1H. The summed E-state index contributed by atoms with van der Waals surface area (Å²) in [6, 6.07) is 16.3. The Kier molecular flexibility index (Phi) is 11.1. The van der Waals surface area contributed by atoms with Gasteiger partial charge in [0.15, 0.2) is 5.78 Å². The fourth-order valence-corrected chi connectivity index (χ4v) is 2.77. The highest BCUT2D eigenvalue weighted by atomic mass is 35.5. The number of rotatable bonds is 11. The van der Waals surface area contributed by atoms with Gasteiger partial charge in [-0.15, -0.1) is 11.6 Å². The molecular weight excluding hydrogens is 401 g/mol. The molecule has 0 aromatic heterocycles. The van der Waals surface area contributed by atoms with Crippen LogP contribution in [0.1, 0.15) is 35.4 Å². The maximum Gasteiger partial charge on any atom is 0.168 e. The Labute approximate surface area is 177 Å². The van der Waals surface area contributed by atoms with Crippen LogP contribution in [-0.2, 0) is 0 Å². The molecule has 0 spiro atoms. The zero-order valence-electron chi connectivity index (χ0n) is 15.8. The van der Waals surface area contributed by atoms with E-state index < -0.39 is 12.2 Å². The Morgan fingerprint density at radius 2 is 1.75 bits per heavy atom. The summed E-state index contributed by atoms with van der Waals surface area (Å²) in [6.45, 7) is 2.67. The lowest BCUT2D eigenvalue weighted by Crippen LogP contribution is -3.00. The number of Topliss-reactive ketones (excluding diaryl/α,β-unsaturated/α-hetero) is 1. The molecule has 0 fully saturated rings. The minimum Gasteiger partial charge on any atom is -1.00 e. The third-order valence-electron chi connectivity index (χ3n) is 4.35. The monoisotopic (exact) mass is 427 g/mol. The zero-order valence-corrected chi connectivity index (χ0v) is 17.3. The molecule has 3 unspecified atom stereocenters. The first-order valence-corrected chi connectivity index (χ1v) is 9.61. The number of aliphatic hydroxyl groups is 2. The first-order chi connectivity index (χ1) is 13.0. The average molecular weight is 428 g/mol. The van der Waals surface area contributed by atoms with Crippen LogP contribution in [0.2, 0.25) is 0 Å². The fraction of sp³-hybridized carbons (Fsp3) is 0.381.